The van der Waals surface area contributed by atoms with E-state index in [1.54, 1.807) is 16.7 Å². The van der Waals surface area contributed by atoms with Gasteiger partial charge in [0, 0.05) is 24.4 Å². The summed E-state index contributed by atoms with van der Waals surface area (Å²) in [5.41, 5.74) is 6.15. The quantitative estimate of drug-likeness (QED) is 0.602. The molecule has 3 amide bonds. The molecular weight excluding hydrogens is 430 g/mol. The molecule has 0 aliphatic carbocycles. The summed E-state index contributed by atoms with van der Waals surface area (Å²) >= 11 is 1.56. The predicted molar refractivity (Wildman–Crippen MR) is 133 cm³/mol. The van der Waals surface area contributed by atoms with Gasteiger partial charge in [-0.3, -0.25) is 9.69 Å². The zero-order chi connectivity index (χ0) is 23.0. The third kappa shape index (κ3) is 3.78. The van der Waals surface area contributed by atoms with Crippen molar-refractivity contribution in [2.24, 2.45) is 0 Å². The van der Waals surface area contributed by atoms with E-state index >= 15 is 0 Å². The SMILES string of the molecule is Cc1cccc(CN2C(=O)[C@@]3(SCCN3C(=O)NCc3ccccc3)c3cc(C)ccc32)c1. The van der Waals surface area contributed by atoms with Gasteiger partial charge in [-0.1, -0.05) is 77.9 Å². The van der Waals surface area contributed by atoms with E-state index in [2.05, 4.69) is 30.4 Å². The number of nitrogens with zero attached hydrogens (tertiary/aromatic N) is 2. The van der Waals surface area contributed by atoms with Gasteiger partial charge in [0.25, 0.3) is 5.91 Å². The molecule has 0 bridgehead atoms. The maximum Gasteiger partial charge on any atom is 0.319 e. The molecule has 168 valence electrons. The third-order valence-electron chi connectivity index (χ3n) is 6.30. The highest BCUT2D eigenvalue weighted by Gasteiger charge is 2.59. The Hall–Kier alpha value is -3.25. The minimum Gasteiger partial charge on any atom is -0.334 e. The number of fused-ring (bicyclic) bond motifs is 2. The molecule has 1 saturated heterocycles. The average Bonchev–Trinajstić information content (AvgIpc) is 3.35. The van der Waals surface area contributed by atoms with Crippen LogP contribution < -0.4 is 10.2 Å². The molecule has 1 spiro atoms. The fraction of sp³-hybridized carbons (Fsp3) is 0.259. The lowest BCUT2D eigenvalue weighted by Crippen LogP contribution is -2.53. The van der Waals surface area contributed by atoms with Crippen LogP contribution in [0, 0.1) is 13.8 Å². The number of hydrogen-bond acceptors (Lipinski definition) is 3. The Morgan fingerprint density at radius 3 is 2.52 bits per heavy atom. The maximum absolute atomic E-state index is 14.1. The van der Waals surface area contributed by atoms with E-state index in [1.165, 1.54) is 0 Å². The monoisotopic (exact) mass is 457 g/mol. The Bertz CT molecular complexity index is 1210. The Labute approximate surface area is 198 Å². The van der Waals surface area contributed by atoms with Crippen LogP contribution in [-0.2, 0) is 22.8 Å². The second kappa shape index (κ2) is 8.60. The number of carbonyl (C=O) groups excluding carboxylic acids is 2. The molecule has 5 rings (SSSR count). The highest BCUT2D eigenvalue weighted by atomic mass is 32.2. The lowest BCUT2D eigenvalue weighted by Gasteiger charge is -2.33. The largest absolute Gasteiger partial charge is 0.334 e. The minimum atomic E-state index is -1.02. The lowest BCUT2D eigenvalue weighted by atomic mass is 10.0. The summed E-state index contributed by atoms with van der Waals surface area (Å²) in [7, 11) is 0. The van der Waals surface area contributed by atoms with E-state index in [1.807, 2.05) is 66.4 Å². The van der Waals surface area contributed by atoms with Gasteiger partial charge < -0.3 is 10.2 Å². The van der Waals surface area contributed by atoms with Gasteiger partial charge in [0.15, 0.2) is 4.87 Å². The van der Waals surface area contributed by atoms with Crippen molar-refractivity contribution in [3.63, 3.8) is 0 Å². The van der Waals surface area contributed by atoms with Crippen LogP contribution in [0.15, 0.2) is 72.8 Å². The summed E-state index contributed by atoms with van der Waals surface area (Å²) < 4.78 is 0. The minimum absolute atomic E-state index is 0.0398. The first-order valence-corrected chi connectivity index (χ1v) is 12.2. The summed E-state index contributed by atoms with van der Waals surface area (Å²) in [6.07, 6.45) is 0. The first-order valence-electron chi connectivity index (χ1n) is 11.2. The summed E-state index contributed by atoms with van der Waals surface area (Å²) in [4.78, 5) is 30.0. The van der Waals surface area contributed by atoms with Crippen molar-refractivity contribution in [3.05, 3.63) is 101 Å². The van der Waals surface area contributed by atoms with Crippen molar-refractivity contribution in [1.82, 2.24) is 10.2 Å². The number of anilines is 1. The second-order valence-electron chi connectivity index (χ2n) is 8.69. The van der Waals surface area contributed by atoms with Crippen LogP contribution in [0.3, 0.4) is 0 Å². The van der Waals surface area contributed by atoms with Crippen LogP contribution in [0.2, 0.25) is 0 Å². The lowest BCUT2D eigenvalue weighted by molar-refractivity contribution is -0.123. The van der Waals surface area contributed by atoms with E-state index < -0.39 is 4.87 Å². The standard InChI is InChI=1S/C27H27N3O2S/c1-19-7-6-10-22(15-19)18-29-24-12-11-20(2)16-23(24)27(25(29)31)30(13-14-33-27)26(32)28-17-21-8-4-3-5-9-21/h3-12,15-16H,13-14,17-18H2,1-2H3,(H,28,32)/t27-/m0/s1. The van der Waals surface area contributed by atoms with E-state index in [0.29, 0.717) is 19.6 Å². The van der Waals surface area contributed by atoms with Gasteiger partial charge in [0.05, 0.1) is 12.2 Å². The van der Waals surface area contributed by atoms with Crippen LogP contribution in [0.25, 0.3) is 0 Å². The van der Waals surface area contributed by atoms with Crippen molar-refractivity contribution in [1.29, 1.82) is 0 Å². The third-order valence-corrected chi connectivity index (χ3v) is 7.72. The summed E-state index contributed by atoms with van der Waals surface area (Å²) in [5, 5.41) is 3.03. The number of urea groups is 1. The van der Waals surface area contributed by atoms with Gasteiger partial charge in [-0.25, -0.2) is 4.79 Å². The van der Waals surface area contributed by atoms with Crippen molar-refractivity contribution in [3.8, 4) is 0 Å². The van der Waals surface area contributed by atoms with Gasteiger partial charge in [0.2, 0.25) is 0 Å². The van der Waals surface area contributed by atoms with Crippen LogP contribution in [0.1, 0.15) is 27.8 Å². The van der Waals surface area contributed by atoms with E-state index in [-0.39, 0.29) is 11.9 Å². The van der Waals surface area contributed by atoms with Crippen LogP contribution in [-0.4, -0.2) is 29.1 Å². The molecule has 1 atom stereocenters. The number of thioether (sulfide) groups is 1. The molecule has 0 unspecified atom stereocenters. The topological polar surface area (TPSA) is 52.7 Å². The summed E-state index contributed by atoms with van der Waals surface area (Å²) in [5.74, 6) is 0.679. The van der Waals surface area contributed by atoms with Crippen molar-refractivity contribution in [2.75, 3.05) is 17.2 Å². The summed E-state index contributed by atoms with van der Waals surface area (Å²) in [6.45, 7) is 5.53. The molecule has 0 saturated carbocycles. The van der Waals surface area contributed by atoms with Gasteiger partial charge in [-0.2, -0.15) is 0 Å². The van der Waals surface area contributed by atoms with Crippen LogP contribution in [0.5, 0.6) is 0 Å². The second-order valence-corrected chi connectivity index (χ2v) is 9.98. The molecule has 0 radical (unpaired) electrons. The Balaban J connectivity index is 1.48. The van der Waals surface area contributed by atoms with E-state index in [0.717, 1.165) is 39.3 Å². The fourth-order valence-electron chi connectivity index (χ4n) is 4.75. The molecule has 1 N–H and O–H groups in total. The highest BCUT2D eigenvalue weighted by molar-refractivity contribution is 8.01. The molecule has 3 aromatic rings. The molecule has 2 heterocycles. The molecule has 2 aliphatic rings. The molecule has 3 aromatic carbocycles. The Morgan fingerprint density at radius 1 is 0.970 bits per heavy atom. The molecule has 1 fully saturated rings. The van der Waals surface area contributed by atoms with Gasteiger partial charge in [0.1, 0.15) is 0 Å². The molecule has 5 nitrogen and oxygen atoms in total. The van der Waals surface area contributed by atoms with Gasteiger partial charge in [-0.15, -0.1) is 11.8 Å². The Morgan fingerprint density at radius 2 is 1.73 bits per heavy atom. The van der Waals surface area contributed by atoms with Crippen molar-refractivity contribution < 1.29 is 9.59 Å². The van der Waals surface area contributed by atoms with Crippen LogP contribution >= 0.6 is 11.8 Å². The molecule has 2 aliphatic heterocycles. The number of amides is 3. The fourth-order valence-corrected chi connectivity index (χ4v) is 6.20. The normalized spacial score (nSPS) is 19.3. The molecular formula is C27H27N3O2S. The van der Waals surface area contributed by atoms with E-state index in [9.17, 15) is 9.59 Å². The molecule has 6 heteroatoms. The van der Waals surface area contributed by atoms with Crippen molar-refractivity contribution >= 4 is 29.4 Å². The maximum atomic E-state index is 14.1. The van der Waals surface area contributed by atoms with Gasteiger partial charge in [-0.05, 0) is 31.0 Å². The smallest absolute Gasteiger partial charge is 0.319 e. The van der Waals surface area contributed by atoms with Crippen LogP contribution in [0.4, 0.5) is 10.5 Å². The number of carbonyl (C=O) groups is 2. The molecule has 33 heavy (non-hydrogen) atoms. The van der Waals surface area contributed by atoms with Gasteiger partial charge >= 0.3 is 6.03 Å². The first-order chi connectivity index (χ1) is 16.0. The zero-order valence-electron chi connectivity index (χ0n) is 18.9. The van der Waals surface area contributed by atoms with Crippen molar-refractivity contribution in [2.45, 2.75) is 31.8 Å². The number of rotatable bonds is 4. The average molecular weight is 458 g/mol. The first kappa shape index (κ1) is 21.6. The predicted octanol–water partition coefficient (Wildman–Crippen LogP) is 4.96. The molecule has 0 aromatic heterocycles. The summed E-state index contributed by atoms with van der Waals surface area (Å²) in [6, 6.07) is 24.0. The van der Waals surface area contributed by atoms with E-state index in [4.69, 9.17) is 0 Å². The highest BCUT2D eigenvalue weighted by Crippen LogP contribution is 2.54. The number of aryl methyl sites for hydroxylation is 2. The number of benzene rings is 3. The number of hydrogen-bond donors (Lipinski definition) is 1. The number of nitrogens with one attached hydrogen (secondary N) is 1. The Kier molecular flexibility index (Phi) is 5.62. The zero-order valence-corrected chi connectivity index (χ0v) is 19.7.